The van der Waals surface area contributed by atoms with Gasteiger partial charge in [-0.3, -0.25) is 9.59 Å². The molecule has 4 aliphatic carbocycles. The van der Waals surface area contributed by atoms with Gasteiger partial charge in [-0.25, -0.2) is 4.39 Å². The van der Waals surface area contributed by atoms with E-state index in [-0.39, 0.29) is 35.7 Å². The number of ketones is 2. The van der Waals surface area contributed by atoms with E-state index >= 15 is 4.39 Å². The fraction of sp³-hybridized carbons (Fsp3) is 0.700. The van der Waals surface area contributed by atoms with Gasteiger partial charge in [0, 0.05) is 22.7 Å². The number of alkyl halides is 1. The molecule has 3 saturated carbocycles. The molecule has 3 fully saturated rings. The Morgan fingerprint density at radius 3 is 2.67 bits per heavy atom. The van der Waals surface area contributed by atoms with Crippen LogP contribution in [0.1, 0.15) is 46.5 Å². The Morgan fingerprint density at radius 1 is 1.25 bits per heavy atom. The SMILES string of the molecule is CC1C[C@H]2[C@@H]3CCC4=CC(=O)C=C[C@]4(C)[C@@]3(F)[C@@H](O)C[C@]2(C)C1=O. The summed E-state index contributed by atoms with van der Waals surface area (Å²) >= 11 is 0. The highest BCUT2D eigenvalue weighted by molar-refractivity contribution is 6.01. The number of hydrogen-bond donors (Lipinski definition) is 1. The second kappa shape index (κ2) is 4.66. The third kappa shape index (κ3) is 1.66. The molecule has 1 unspecified atom stereocenters. The van der Waals surface area contributed by atoms with Crippen molar-refractivity contribution in [1.29, 1.82) is 0 Å². The average Bonchev–Trinajstić information content (AvgIpc) is 2.74. The van der Waals surface area contributed by atoms with Gasteiger partial charge in [-0.2, -0.15) is 0 Å². The van der Waals surface area contributed by atoms with Crippen LogP contribution < -0.4 is 0 Å². The highest BCUT2D eigenvalue weighted by atomic mass is 19.1. The van der Waals surface area contributed by atoms with Crippen LogP contribution in [0.2, 0.25) is 0 Å². The van der Waals surface area contributed by atoms with Crippen LogP contribution >= 0.6 is 0 Å². The topological polar surface area (TPSA) is 54.4 Å². The van der Waals surface area contributed by atoms with E-state index in [2.05, 4.69) is 0 Å². The summed E-state index contributed by atoms with van der Waals surface area (Å²) in [4.78, 5) is 24.4. The Morgan fingerprint density at radius 2 is 1.96 bits per heavy atom. The zero-order valence-corrected chi connectivity index (χ0v) is 14.5. The van der Waals surface area contributed by atoms with Gasteiger partial charge in [-0.15, -0.1) is 0 Å². The number of carbonyl (C=O) groups is 2. The predicted octanol–water partition coefficient (Wildman–Crippen LogP) is 3.17. The van der Waals surface area contributed by atoms with Crippen LogP contribution in [-0.2, 0) is 9.59 Å². The van der Waals surface area contributed by atoms with Crippen molar-refractivity contribution in [3.63, 3.8) is 0 Å². The molecule has 0 aliphatic heterocycles. The van der Waals surface area contributed by atoms with Gasteiger partial charge in [0.25, 0.3) is 0 Å². The van der Waals surface area contributed by atoms with Crippen molar-refractivity contribution in [3.8, 4) is 0 Å². The summed E-state index contributed by atoms with van der Waals surface area (Å²) in [6.07, 6.45) is 5.57. The lowest BCUT2D eigenvalue weighted by Gasteiger charge is -2.60. The molecule has 0 spiro atoms. The maximum Gasteiger partial charge on any atom is 0.178 e. The molecule has 24 heavy (non-hydrogen) atoms. The van der Waals surface area contributed by atoms with Crippen LogP contribution in [0.5, 0.6) is 0 Å². The van der Waals surface area contributed by atoms with Gasteiger partial charge in [0.1, 0.15) is 5.78 Å². The van der Waals surface area contributed by atoms with Crippen LogP contribution in [0.4, 0.5) is 4.39 Å². The molecule has 3 nitrogen and oxygen atoms in total. The molecule has 0 aromatic heterocycles. The highest BCUT2D eigenvalue weighted by Gasteiger charge is 2.71. The number of hydrogen-bond acceptors (Lipinski definition) is 3. The lowest BCUT2D eigenvalue weighted by Crippen LogP contribution is -2.66. The number of halogens is 1. The van der Waals surface area contributed by atoms with Crippen LogP contribution in [0.25, 0.3) is 0 Å². The Bertz CT molecular complexity index is 695. The molecular formula is C20H25FO3. The van der Waals surface area contributed by atoms with E-state index < -0.39 is 22.6 Å². The summed E-state index contributed by atoms with van der Waals surface area (Å²) in [6, 6.07) is 0. The number of aliphatic hydroxyl groups excluding tert-OH is 1. The van der Waals surface area contributed by atoms with Gasteiger partial charge in [-0.1, -0.05) is 25.5 Å². The smallest absolute Gasteiger partial charge is 0.178 e. The molecular weight excluding hydrogens is 307 g/mol. The average molecular weight is 332 g/mol. The normalized spacial score (nSPS) is 53.3. The first-order valence-electron chi connectivity index (χ1n) is 9.00. The molecule has 0 aromatic carbocycles. The van der Waals surface area contributed by atoms with Crippen molar-refractivity contribution in [3.05, 3.63) is 23.8 Å². The van der Waals surface area contributed by atoms with E-state index in [9.17, 15) is 14.7 Å². The van der Waals surface area contributed by atoms with Gasteiger partial charge < -0.3 is 5.11 Å². The van der Waals surface area contributed by atoms with Crippen molar-refractivity contribution in [2.45, 2.75) is 58.2 Å². The number of carbonyl (C=O) groups excluding carboxylic acids is 2. The molecule has 4 heteroatoms. The zero-order valence-electron chi connectivity index (χ0n) is 14.5. The van der Waals surface area contributed by atoms with Crippen molar-refractivity contribution >= 4 is 11.6 Å². The summed E-state index contributed by atoms with van der Waals surface area (Å²) in [6.45, 7) is 5.65. The molecule has 0 saturated heterocycles. The fourth-order valence-corrected chi connectivity index (χ4v) is 6.33. The Kier molecular flexibility index (Phi) is 3.14. The van der Waals surface area contributed by atoms with Crippen molar-refractivity contribution in [2.24, 2.45) is 28.6 Å². The quantitative estimate of drug-likeness (QED) is 0.741. The van der Waals surface area contributed by atoms with E-state index in [1.54, 1.807) is 19.1 Å². The van der Waals surface area contributed by atoms with Crippen molar-refractivity contribution < 1.29 is 19.1 Å². The fourth-order valence-electron chi connectivity index (χ4n) is 6.33. The monoisotopic (exact) mass is 332 g/mol. The van der Waals surface area contributed by atoms with E-state index in [1.165, 1.54) is 6.08 Å². The molecule has 7 atom stereocenters. The van der Waals surface area contributed by atoms with Gasteiger partial charge in [-0.05, 0) is 50.7 Å². The van der Waals surface area contributed by atoms with E-state index in [4.69, 9.17) is 0 Å². The zero-order chi connectivity index (χ0) is 17.5. The van der Waals surface area contributed by atoms with Gasteiger partial charge in [0.15, 0.2) is 11.5 Å². The van der Waals surface area contributed by atoms with E-state index in [1.807, 2.05) is 13.8 Å². The van der Waals surface area contributed by atoms with E-state index in [0.29, 0.717) is 19.3 Å². The Labute approximate surface area is 142 Å². The van der Waals surface area contributed by atoms with Gasteiger partial charge in [0.2, 0.25) is 0 Å². The minimum atomic E-state index is -1.82. The van der Waals surface area contributed by atoms with Crippen LogP contribution in [0, 0.1) is 28.6 Å². The largest absolute Gasteiger partial charge is 0.390 e. The van der Waals surface area contributed by atoms with Crippen molar-refractivity contribution in [2.75, 3.05) is 0 Å². The summed E-state index contributed by atoms with van der Waals surface area (Å²) in [5, 5.41) is 10.9. The maximum absolute atomic E-state index is 16.6. The van der Waals surface area contributed by atoms with Crippen molar-refractivity contribution in [1.82, 2.24) is 0 Å². The number of aliphatic hydroxyl groups is 1. The lowest BCUT2D eigenvalue weighted by molar-refractivity contribution is -0.190. The van der Waals surface area contributed by atoms with Crippen LogP contribution in [0.15, 0.2) is 23.8 Å². The van der Waals surface area contributed by atoms with Crippen LogP contribution in [-0.4, -0.2) is 28.4 Å². The summed E-state index contributed by atoms with van der Waals surface area (Å²) in [7, 11) is 0. The first-order valence-corrected chi connectivity index (χ1v) is 9.00. The lowest BCUT2D eigenvalue weighted by atomic mass is 9.46. The van der Waals surface area contributed by atoms with Gasteiger partial charge in [0.05, 0.1) is 6.10 Å². The van der Waals surface area contributed by atoms with Gasteiger partial charge >= 0.3 is 0 Å². The Hall–Kier alpha value is -1.29. The van der Waals surface area contributed by atoms with E-state index in [0.717, 1.165) is 5.57 Å². The molecule has 4 rings (SSSR count). The second-order valence-electron chi connectivity index (χ2n) is 8.77. The third-order valence-electron chi connectivity index (χ3n) is 7.65. The number of rotatable bonds is 0. The first kappa shape index (κ1) is 16.2. The predicted molar refractivity (Wildman–Crippen MR) is 87.9 cm³/mol. The minimum absolute atomic E-state index is 0.0298. The highest BCUT2D eigenvalue weighted by Crippen LogP contribution is 2.67. The van der Waals surface area contributed by atoms with Crippen LogP contribution in [0.3, 0.4) is 0 Å². The number of Topliss-reactive ketones (excluding diaryl/α,β-unsaturated/α-hetero) is 1. The number of allylic oxidation sites excluding steroid dienone is 4. The molecule has 0 amide bonds. The Balaban J connectivity index is 1.84. The molecule has 0 bridgehead atoms. The summed E-state index contributed by atoms with van der Waals surface area (Å²) in [5.74, 6) is -0.375. The summed E-state index contributed by atoms with van der Waals surface area (Å²) < 4.78 is 16.6. The third-order valence-corrected chi connectivity index (χ3v) is 7.65. The second-order valence-corrected chi connectivity index (χ2v) is 8.77. The molecule has 0 aromatic rings. The molecule has 1 N–H and O–H groups in total. The summed E-state index contributed by atoms with van der Waals surface area (Å²) in [5.41, 5.74) is -2.61. The first-order chi connectivity index (χ1) is 11.1. The number of fused-ring (bicyclic) bond motifs is 5. The molecule has 0 radical (unpaired) electrons. The molecule has 130 valence electrons. The minimum Gasteiger partial charge on any atom is -0.390 e. The molecule has 0 heterocycles. The molecule has 4 aliphatic rings. The standard InChI is InChI=1S/C20H25FO3/c1-11-8-15-14-5-4-12-9-13(22)6-7-19(12,3)20(14,21)16(23)10-18(15,2)17(11)24/h6-7,9,11,14-16,23H,4-5,8,10H2,1-3H3/t11?,14-,15-,16-,18-,19-,20-/m0/s1. The maximum atomic E-state index is 16.6.